The first-order valence-corrected chi connectivity index (χ1v) is 12.6. The quantitative estimate of drug-likeness (QED) is 0.353. The molecule has 172 valence electrons. The van der Waals surface area contributed by atoms with Crippen LogP contribution in [0.3, 0.4) is 0 Å². The molecule has 1 N–H and O–H groups in total. The number of hydrogen-bond acceptors (Lipinski definition) is 7. The van der Waals surface area contributed by atoms with E-state index in [1.807, 2.05) is 31.2 Å². The minimum atomic E-state index is -0.261. The number of carbonyl (C=O) groups is 1. The van der Waals surface area contributed by atoms with Crippen molar-refractivity contribution in [1.82, 2.24) is 9.55 Å². The first-order chi connectivity index (χ1) is 16.0. The number of carbonyl (C=O) groups excluding carboxylic acids is 1. The highest BCUT2D eigenvalue weighted by molar-refractivity contribution is 8.00. The lowest BCUT2D eigenvalue weighted by atomic mass is 10.3. The van der Waals surface area contributed by atoms with Gasteiger partial charge in [-0.15, -0.1) is 11.8 Å². The fourth-order valence-electron chi connectivity index (χ4n) is 3.37. The maximum atomic E-state index is 13.3. The molecule has 0 bridgehead atoms. The maximum Gasteiger partial charge on any atom is 0.272 e. The second-order valence-electron chi connectivity index (χ2n) is 7.02. The molecule has 1 aromatic heterocycles. The van der Waals surface area contributed by atoms with Crippen LogP contribution in [-0.4, -0.2) is 40.7 Å². The molecule has 1 aliphatic rings. The lowest BCUT2D eigenvalue weighted by Crippen LogP contribution is -2.24. The highest BCUT2D eigenvalue weighted by Gasteiger charge is 2.23. The van der Waals surface area contributed by atoms with Crippen LogP contribution >= 0.6 is 35.1 Å². The van der Waals surface area contributed by atoms with E-state index in [2.05, 4.69) is 5.32 Å². The van der Waals surface area contributed by atoms with Crippen LogP contribution in [-0.2, 0) is 11.2 Å². The Kier molecular flexibility index (Phi) is 7.52. The van der Waals surface area contributed by atoms with E-state index in [1.54, 1.807) is 22.8 Å². The first kappa shape index (κ1) is 23.5. The number of benzene rings is 2. The van der Waals surface area contributed by atoms with Gasteiger partial charge in [0.2, 0.25) is 5.91 Å². The zero-order valence-corrected chi connectivity index (χ0v) is 20.5. The number of nitrogens with zero attached hydrogens (tertiary/aromatic N) is 2. The zero-order valence-electron chi connectivity index (χ0n) is 18.1. The van der Waals surface area contributed by atoms with E-state index in [9.17, 15) is 9.59 Å². The number of methoxy groups -OCH3 is 1. The Labute approximate surface area is 204 Å². The van der Waals surface area contributed by atoms with Gasteiger partial charge >= 0.3 is 0 Å². The molecule has 0 fully saturated rings. The van der Waals surface area contributed by atoms with Crippen molar-refractivity contribution in [3.63, 3.8) is 0 Å². The van der Waals surface area contributed by atoms with Gasteiger partial charge in [0.1, 0.15) is 11.5 Å². The predicted molar refractivity (Wildman–Crippen MR) is 133 cm³/mol. The van der Waals surface area contributed by atoms with Gasteiger partial charge in [0.15, 0.2) is 5.16 Å². The fraction of sp³-hybridized carbons (Fsp3) is 0.261. The minimum absolute atomic E-state index is 0.0606. The van der Waals surface area contributed by atoms with Gasteiger partial charge in [0.25, 0.3) is 5.56 Å². The van der Waals surface area contributed by atoms with Gasteiger partial charge in [-0.3, -0.25) is 14.2 Å². The van der Waals surface area contributed by atoms with Gasteiger partial charge in [-0.05, 0) is 49.4 Å². The summed E-state index contributed by atoms with van der Waals surface area (Å²) in [5.41, 5.74) is 1.82. The molecule has 7 nitrogen and oxygen atoms in total. The van der Waals surface area contributed by atoms with Crippen LogP contribution in [0, 0.1) is 0 Å². The molecule has 2 aromatic carbocycles. The van der Waals surface area contributed by atoms with Crippen molar-refractivity contribution in [2.45, 2.75) is 23.4 Å². The molecule has 4 rings (SSSR count). The monoisotopic (exact) mass is 503 g/mol. The van der Waals surface area contributed by atoms with Crippen LogP contribution in [0.25, 0.3) is 5.69 Å². The van der Waals surface area contributed by atoms with Crippen molar-refractivity contribution in [2.24, 2.45) is 0 Å². The number of anilines is 1. The van der Waals surface area contributed by atoms with Crippen molar-refractivity contribution in [3.8, 4) is 17.2 Å². The summed E-state index contributed by atoms with van der Waals surface area (Å²) in [5.74, 6) is 1.86. The van der Waals surface area contributed by atoms with Crippen LogP contribution in [0.1, 0.15) is 12.6 Å². The van der Waals surface area contributed by atoms with Gasteiger partial charge in [0.05, 0.1) is 41.4 Å². The van der Waals surface area contributed by atoms with E-state index in [-0.39, 0.29) is 17.2 Å². The number of fused-ring (bicyclic) bond motifs is 1. The van der Waals surface area contributed by atoms with Crippen molar-refractivity contribution in [2.75, 3.05) is 30.5 Å². The Morgan fingerprint density at radius 1 is 1.27 bits per heavy atom. The average Bonchev–Trinajstić information content (AvgIpc) is 3.28. The highest BCUT2D eigenvalue weighted by Crippen LogP contribution is 2.31. The first-order valence-electron chi connectivity index (χ1n) is 10.3. The smallest absolute Gasteiger partial charge is 0.272 e. The number of halogens is 1. The third-order valence-electron chi connectivity index (χ3n) is 4.84. The highest BCUT2D eigenvalue weighted by atomic mass is 35.5. The van der Waals surface area contributed by atoms with Crippen LogP contribution in [0.2, 0.25) is 5.02 Å². The van der Waals surface area contributed by atoms with Crippen LogP contribution in [0.4, 0.5) is 5.69 Å². The van der Waals surface area contributed by atoms with Crippen LogP contribution in [0.15, 0.2) is 57.3 Å². The van der Waals surface area contributed by atoms with Gasteiger partial charge in [-0.1, -0.05) is 23.4 Å². The molecule has 2 heterocycles. The summed E-state index contributed by atoms with van der Waals surface area (Å²) < 4.78 is 12.4. The Balaban J connectivity index is 1.60. The molecule has 0 aliphatic carbocycles. The molecule has 33 heavy (non-hydrogen) atoms. The predicted octanol–water partition coefficient (Wildman–Crippen LogP) is 4.67. The van der Waals surface area contributed by atoms with Crippen molar-refractivity contribution in [1.29, 1.82) is 0 Å². The largest absolute Gasteiger partial charge is 0.495 e. The van der Waals surface area contributed by atoms with Crippen molar-refractivity contribution >= 4 is 46.7 Å². The number of amides is 1. The summed E-state index contributed by atoms with van der Waals surface area (Å²) in [6.07, 6.45) is 0.735. The molecule has 0 atom stereocenters. The summed E-state index contributed by atoms with van der Waals surface area (Å²) in [7, 11) is 1.52. The number of aromatic nitrogens is 2. The van der Waals surface area contributed by atoms with Crippen molar-refractivity contribution in [3.05, 3.63) is 63.5 Å². The molecule has 1 amide bonds. The fourth-order valence-corrected chi connectivity index (χ4v) is 5.39. The minimum Gasteiger partial charge on any atom is -0.495 e. The lowest BCUT2D eigenvalue weighted by molar-refractivity contribution is -0.113. The van der Waals surface area contributed by atoms with Gasteiger partial charge in [-0.25, -0.2) is 4.98 Å². The summed E-state index contributed by atoms with van der Waals surface area (Å²) in [4.78, 5) is 31.3. The number of nitrogens with one attached hydrogen (secondary N) is 1. The number of ether oxygens (including phenoxy) is 2. The lowest BCUT2D eigenvalue weighted by Gasteiger charge is -2.15. The number of thioether (sulfide) groups is 2. The van der Waals surface area contributed by atoms with E-state index < -0.39 is 0 Å². The molecule has 0 unspecified atom stereocenters. The standard InChI is InChI=1S/C23H22ClN3O4S2/c1-3-31-16-7-5-15(6-8-16)27-22(29)21-17(10-11-32-21)26-23(27)33-13-20(28)25-18-12-14(24)4-9-19(18)30-2/h4-9,12H,3,10-11,13H2,1-2H3,(H,25,28). The third-order valence-corrected chi connectivity index (χ3v) is 7.12. The van der Waals surface area contributed by atoms with E-state index >= 15 is 0 Å². The molecule has 10 heteroatoms. The number of aryl methyl sites for hydroxylation is 1. The summed E-state index contributed by atoms with van der Waals surface area (Å²) >= 11 is 8.78. The summed E-state index contributed by atoms with van der Waals surface area (Å²) in [6, 6.07) is 12.3. The number of rotatable bonds is 8. The third kappa shape index (κ3) is 5.31. The molecule has 0 radical (unpaired) electrons. The van der Waals surface area contributed by atoms with Gasteiger partial charge < -0.3 is 14.8 Å². The normalized spacial score (nSPS) is 12.3. The summed E-state index contributed by atoms with van der Waals surface area (Å²) in [5, 5.41) is 3.77. The van der Waals surface area contributed by atoms with E-state index in [0.29, 0.717) is 38.8 Å². The summed E-state index contributed by atoms with van der Waals surface area (Å²) in [6.45, 7) is 2.47. The zero-order chi connectivity index (χ0) is 23.4. The topological polar surface area (TPSA) is 82.4 Å². The van der Waals surface area contributed by atoms with Crippen LogP contribution in [0.5, 0.6) is 11.5 Å². The van der Waals surface area contributed by atoms with E-state index in [0.717, 1.165) is 23.6 Å². The molecule has 1 aliphatic heterocycles. The number of hydrogen-bond donors (Lipinski definition) is 1. The van der Waals surface area contributed by atoms with E-state index in [1.165, 1.54) is 30.6 Å². The second kappa shape index (κ2) is 10.5. The molecule has 0 spiro atoms. The second-order valence-corrected chi connectivity index (χ2v) is 9.50. The molecule has 0 saturated heterocycles. The molecular formula is C23H22ClN3O4S2. The maximum absolute atomic E-state index is 13.3. The van der Waals surface area contributed by atoms with Crippen molar-refractivity contribution < 1.29 is 14.3 Å². The Morgan fingerprint density at radius 2 is 2.06 bits per heavy atom. The molecule has 3 aromatic rings. The van der Waals surface area contributed by atoms with Gasteiger partial charge in [0, 0.05) is 17.2 Å². The Hall–Kier alpha value is -2.62. The average molecular weight is 504 g/mol. The van der Waals surface area contributed by atoms with E-state index in [4.69, 9.17) is 26.1 Å². The van der Waals surface area contributed by atoms with Crippen LogP contribution < -0.4 is 20.3 Å². The van der Waals surface area contributed by atoms with Gasteiger partial charge in [-0.2, -0.15) is 0 Å². The SMILES string of the molecule is CCOc1ccc(-n2c(SCC(=O)Nc3cc(Cl)ccc3OC)nc3c(c2=O)SCC3)cc1. The molecule has 0 saturated carbocycles. The Morgan fingerprint density at radius 3 is 2.79 bits per heavy atom. The molecular weight excluding hydrogens is 482 g/mol. The Bertz CT molecular complexity index is 1230.